The zero-order valence-corrected chi connectivity index (χ0v) is 23.4. The first-order chi connectivity index (χ1) is 19.3. The van der Waals surface area contributed by atoms with E-state index in [0.29, 0.717) is 36.5 Å². The quantitative estimate of drug-likeness (QED) is 0.391. The number of carbonyl (C=O) groups excluding carboxylic acids is 1. The van der Waals surface area contributed by atoms with E-state index >= 15 is 0 Å². The molecule has 2 aliphatic carbocycles. The summed E-state index contributed by atoms with van der Waals surface area (Å²) in [6.45, 7) is 1.99. The lowest BCUT2D eigenvalue weighted by molar-refractivity contribution is -0.144. The van der Waals surface area contributed by atoms with Crippen LogP contribution in [0, 0.1) is 23.6 Å². The average molecular weight is 595 g/mol. The van der Waals surface area contributed by atoms with Crippen molar-refractivity contribution >= 4 is 23.2 Å². The minimum absolute atomic E-state index is 0.0245. The third kappa shape index (κ3) is 5.25. The molecular weight excluding hydrogens is 564 g/mol. The maximum atomic E-state index is 14.0. The number of benzene rings is 1. The predicted molar refractivity (Wildman–Crippen MR) is 143 cm³/mol. The molecule has 3 aromatic rings. The molecule has 2 saturated carbocycles. The molecule has 3 fully saturated rings. The van der Waals surface area contributed by atoms with E-state index in [1.165, 1.54) is 29.1 Å². The summed E-state index contributed by atoms with van der Waals surface area (Å²) in [6, 6.07) is 3.91. The SMILES string of the molecule is CN1CC(Cn2cc(C3(O)CC4CC(c5ncn(C)c5C(=O)Nc5ccc(F)c(Cl)c5)CC4C3)c(C(F)(F)F)n2)C1. The number of anilines is 1. The van der Waals surface area contributed by atoms with Gasteiger partial charge in [-0.1, -0.05) is 11.6 Å². The Hall–Kier alpha value is -2.96. The molecule has 2 atom stereocenters. The van der Waals surface area contributed by atoms with Gasteiger partial charge in [0.25, 0.3) is 5.91 Å². The predicted octanol–water partition coefficient (Wildman–Crippen LogP) is 5.03. The number of alkyl halides is 3. The Morgan fingerprint density at radius 1 is 1.20 bits per heavy atom. The third-order valence-electron chi connectivity index (χ3n) is 8.90. The number of imidazole rings is 1. The van der Waals surface area contributed by atoms with Crippen molar-refractivity contribution in [3.63, 3.8) is 0 Å². The van der Waals surface area contributed by atoms with Gasteiger partial charge in [-0.2, -0.15) is 18.3 Å². The first kappa shape index (κ1) is 28.2. The molecule has 13 heteroatoms. The molecule has 1 aliphatic heterocycles. The van der Waals surface area contributed by atoms with Gasteiger partial charge in [-0.25, -0.2) is 9.37 Å². The van der Waals surface area contributed by atoms with Crippen molar-refractivity contribution in [3.05, 3.63) is 64.2 Å². The lowest BCUT2D eigenvalue weighted by Crippen LogP contribution is -2.45. The Kier molecular flexibility index (Phi) is 6.94. The summed E-state index contributed by atoms with van der Waals surface area (Å²) >= 11 is 5.85. The van der Waals surface area contributed by atoms with Crippen LogP contribution < -0.4 is 5.32 Å². The van der Waals surface area contributed by atoms with Crippen LogP contribution in [-0.2, 0) is 25.4 Å². The molecule has 2 unspecified atom stereocenters. The highest BCUT2D eigenvalue weighted by molar-refractivity contribution is 6.31. The number of aromatic nitrogens is 4. The lowest BCUT2D eigenvalue weighted by Gasteiger charge is -2.36. The molecular formula is C28H31ClF4N6O2. The lowest BCUT2D eigenvalue weighted by atomic mass is 9.87. The number of rotatable bonds is 6. The number of hydrogen-bond acceptors (Lipinski definition) is 5. The molecule has 6 rings (SSSR count). The van der Waals surface area contributed by atoms with Crippen molar-refractivity contribution in [2.45, 2.75) is 49.9 Å². The van der Waals surface area contributed by atoms with Crippen LogP contribution in [0.4, 0.5) is 23.2 Å². The third-order valence-corrected chi connectivity index (χ3v) is 9.19. The second-order valence-corrected chi connectivity index (χ2v) is 12.4. The average Bonchev–Trinajstić information content (AvgIpc) is 3.62. The molecule has 0 radical (unpaired) electrons. The summed E-state index contributed by atoms with van der Waals surface area (Å²) < 4.78 is 58.5. The molecule has 8 nitrogen and oxygen atoms in total. The largest absolute Gasteiger partial charge is 0.435 e. The number of fused-ring (bicyclic) bond motifs is 1. The smallest absolute Gasteiger partial charge is 0.385 e. The first-order valence-corrected chi connectivity index (χ1v) is 14.0. The maximum Gasteiger partial charge on any atom is 0.435 e. The summed E-state index contributed by atoms with van der Waals surface area (Å²) in [6.07, 6.45) is -0.154. The molecule has 1 aromatic carbocycles. The van der Waals surface area contributed by atoms with Gasteiger partial charge in [0, 0.05) is 56.0 Å². The van der Waals surface area contributed by atoms with E-state index in [1.54, 1.807) is 17.9 Å². The van der Waals surface area contributed by atoms with Crippen LogP contribution in [0.1, 0.15) is 59.0 Å². The van der Waals surface area contributed by atoms with Crippen molar-refractivity contribution in [2.75, 3.05) is 25.5 Å². The molecule has 0 spiro atoms. The number of nitrogens with zero attached hydrogens (tertiary/aromatic N) is 5. The zero-order chi connectivity index (χ0) is 29.3. The van der Waals surface area contributed by atoms with Gasteiger partial charge in [0.15, 0.2) is 5.69 Å². The number of amides is 1. The summed E-state index contributed by atoms with van der Waals surface area (Å²) in [4.78, 5) is 19.8. The standard InChI is InChI=1S/C28H31ClF4N6O2/c1-37-10-15(11-37)12-39-13-20(25(36-39)28(31,32)33)27(41)8-17-5-16(6-18(17)9-27)23-24(38(2)14-34-23)26(40)35-19-3-4-22(30)21(29)7-19/h3-4,7,13-18,41H,5-6,8-12H2,1-2H3,(H,35,40). The topological polar surface area (TPSA) is 88.2 Å². The van der Waals surface area contributed by atoms with Gasteiger partial charge < -0.3 is 19.9 Å². The molecule has 0 bridgehead atoms. The van der Waals surface area contributed by atoms with Gasteiger partial charge in [0.2, 0.25) is 0 Å². The van der Waals surface area contributed by atoms with Crippen LogP contribution >= 0.6 is 11.6 Å². The Balaban J connectivity index is 1.18. The van der Waals surface area contributed by atoms with Crippen LogP contribution in [0.15, 0.2) is 30.7 Å². The molecule has 220 valence electrons. The highest BCUT2D eigenvalue weighted by atomic mass is 35.5. The Bertz CT molecular complexity index is 1470. The molecule has 3 aliphatic rings. The van der Waals surface area contributed by atoms with Crippen molar-refractivity contribution in [1.29, 1.82) is 0 Å². The number of nitrogens with one attached hydrogen (secondary N) is 1. The van der Waals surface area contributed by atoms with E-state index in [2.05, 4.69) is 20.3 Å². The second kappa shape index (κ2) is 10.1. The number of halogens is 5. The number of likely N-dealkylation sites (tertiary alicyclic amines) is 1. The zero-order valence-electron chi connectivity index (χ0n) is 22.6. The van der Waals surface area contributed by atoms with E-state index in [0.717, 1.165) is 13.1 Å². The molecule has 2 aromatic heterocycles. The van der Waals surface area contributed by atoms with E-state index in [4.69, 9.17) is 11.6 Å². The van der Waals surface area contributed by atoms with Crippen molar-refractivity contribution in [2.24, 2.45) is 24.8 Å². The Morgan fingerprint density at radius 2 is 1.88 bits per heavy atom. The van der Waals surface area contributed by atoms with Crippen LogP contribution in [-0.4, -0.2) is 55.4 Å². The number of hydrogen-bond donors (Lipinski definition) is 2. The number of aryl methyl sites for hydroxylation is 1. The fourth-order valence-corrected chi connectivity index (χ4v) is 7.35. The minimum Gasteiger partial charge on any atom is -0.385 e. The van der Waals surface area contributed by atoms with Gasteiger partial charge in [-0.3, -0.25) is 9.48 Å². The normalized spacial score (nSPS) is 26.8. The number of aliphatic hydroxyl groups is 1. The van der Waals surface area contributed by atoms with Crippen LogP contribution in [0.3, 0.4) is 0 Å². The first-order valence-electron chi connectivity index (χ1n) is 13.6. The fourth-order valence-electron chi connectivity index (χ4n) is 7.17. The van der Waals surface area contributed by atoms with Crippen molar-refractivity contribution < 1.29 is 27.5 Å². The van der Waals surface area contributed by atoms with Gasteiger partial charge in [0.05, 0.1) is 22.6 Å². The minimum atomic E-state index is -4.67. The van der Waals surface area contributed by atoms with Gasteiger partial charge >= 0.3 is 6.18 Å². The summed E-state index contributed by atoms with van der Waals surface area (Å²) in [5.74, 6) is -0.918. The van der Waals surface area contributed by atoms with Gasteiger partial charge in [-0.15, -0.1) is 0 Å². The fraction of sp³-hybridized carbons (Fsp3) is 0.536. The van der Waals surface area contributed by atoms with Gasteiger partial charge in [-0.05, 0) is 62.8 Å². The van der Waals surface area contributed by atoms with Crippen molar-refractivity contribution in [3.8, 4) is 0 Å². The molecule has 41 heavy (non-hydrogen) atoms. The number of carbonyl (C=O) groups is 1. The van der Waals surface area contributed by atoms with Crippen LogP contribution in [0.2, 0.25) is 5.02 Å². The molecule has 1 saturated heterocycles. The van der Waals surface area contributed by atoms with Crippen LogP contribution in [0.25, 0.3) is 0 Å². The Morgan fingerprint density at radius 3 is 2.49 bits per heavy atom. The van der Waals surface area contributed by atoms with Gasteiger partial charge in [0.1, 0.15) is 11.5 Å². The summed E-state index contributed by atoms with van der Waals surface area (Å²) in [5, 5.41) is 18.1. The van der Waals surface area contributed by atoms with E-state index in [-0.39, 0.29) is 47.1 Å². The summed E-state index contributed by atoms with van der Waals surface area (Å²) in [7, 11) is 3.66. The Labute approximate surface area is 239 Å². The van der Waals surface area contributed by atoms with E-state index in [1.807, 2.05) is 7.05 Å². The highest BCUT2D eigenvalue weighted by Crippen LogP contribution is 2.58. The van der Waals surface area contributed by atoms with E-state index < -0.39 is 29.2 Å². The van der Waals surface area contributed by atoms with E-state index in [9.17, 15) is 27.5 Å². The van der Waals surface area contributed by atoms with Crippen LogP contribution in [0.5, 0.6) is 0 Å². The second-order valence-electron chi connectivity index (χ2n) is 12.0. The molecule has 1 amide bonds. The summed E-state index contributed by atoms with van der Waals surface area (Å²) in [5.41, 5.74) is -1.47. The molecule has 3 heterocycles. The highest BCUT2D eigenvalue weighted by Gasteiger charge is 2.54. The maximum absolute atomic E-state index is 14.0. The van der Waals surface area contributed by atoms with Crippen molar-refractivity contribution in [1.82, 2.24) is 24.2 Å². The monoisotopic (exact) mass is 594 g/mol. The molecule has 2 N–H and O–H groups in total.